The predicted molar refractivity (Wildman–Crippen MR) is 70.1 cm³/mol. The molecule has 1 unspecified atom stereocenters. The molecule has 0 aliphatic heterocycles. The molecule has 2 rings (SSSR count). The molecule has 0 amide bonds. The SMILES string of the molecule is OC(COCc1ccccc1)Cc1cccs1. The van der Waals surface area contributed by atoms with E-state index >= 15 is 0 Å². The van der Waals surface area contributed by atoms with E-state index in [2.05, 4.69) is 0 Å². The van der Waals surface area contributed by atoms with Crippen LogP contribution in [0, 0.1) is 0 Å². The third-order valence-corrected chi connectivity index (χ3v) is 3.34. The molecule has 0 bridgehead atoms. The molecule has 3 heteroatoms. The summed E-state index contributed by atoms with van der Waals surface area (Å²) in [5.74, 6) is 0. The number of hydrogen-bond donors (Lipinski definition) is 1. The van der Waals surface area contributed by atoms with Crippen LogP contribution < -0.4 is 0 Å². The lowest BCUT2D eigenvalue weighted by Crippen LogP contribution is -2.17. The number of hydrogen-bond acceptors (Lipinski definition) is 3. The third kappa shape index (κ3) is 4.30. The predicted octanol–water partition coefficient (Wildman–Crippen LogP) is 2.87. The lowest BCUT2D eigenvalue weighted by molar-refractivity contribution is 0.0292. The molecule has 0 radical (unpaired) electrons. The minimum absolute atomic E-state index is 0.382. The zero-order valence-corrected chi connectivity index (χ0v) is 10.4. The topological polar surface area (TPSA) is 29.5 Å². The summed E-state index contributed by atoms with van der Waals surface area (Å²) < 4.78 is 5.48. The number of thiophene rings is 1. The minimum Gasteiger partial charge on any atom is -0.390 e. The monoisotopic (exact) mass is 248 g/mol. The summed E-state index contributed by atoms with van der Waals surface area (Å²) in [5, 5.41) is 11.8. The molecule has 1 aromatic heterocycles. The Kier molecular flexibility index (Phi) is 4.74. The standard InChI is InChI=1S/C14H16O2S/c15-13(9-14-7-4-8-17-14)11-16-10-12-5-2-1-3-6-12/h1-8,13,15H,9-11H2. The molecule has 1 aromatic carbocycles. The highest BCUT2D eigenvalue weighted by molar-refractivity contribution is 7.09. The second-order valence-corrected chi connectivity index (χ2v) is 4.97. The van der Waals surface area contributed by atoms with Crippen molar-refractivity contribution in [2.45, 2.75) is 19.1 Å². The van der Waals surface area contributed by atoms with Crippen LogP contribution in [0.2, 0.25) is 0 Å². The van der Waals surface area contributed by atoms with E-state index in [0.717, 1.165) is 5.56 Å². The molecule has 17 heavy (non-hydrogen) atoms. The largest absolute Gasteiger partial charge is 0.390 e. The van der Waals surface area contributed by atoms with E-state index in [1.54, 1.807) is 11.3 Å². The smallest absolute Gasteiger partial charge is 0.0821 e. The Morgan fingerprint density at radius 2 is 1.94 bits per heavy atom. The highest BCUT2D eigenvalue weighted by Crippen LogP contribution is 2.11. The summed E-state index contributed by atoms with van der Waals surface area (Å²) in [4.78, 5) is 1.20. The van der Waals surface area contributed by atoms with Crippen LogP contribution in [0.4, 0.5) is 0 Å². The van der Waals surface area contributed by atoms with Crippen LogP contribution in [-0.4, -0.2) is 17.8 Å². The van der Waals surface area contributed by atoms with Gasteiger partial charge in [-0.25, -0.2) is 0 Å². The van der Waals surface area contributed by atoms with Gasteiger partial charge in [0, 0.05) is 11.3 Å². The Morgan fingerprint density at radius 1 is 1.12 bits per heavy atom. The Labute approximate surface area is 105 Å². The maximum Gasteiger partial charge on any atom is 0.0821 e. The Hall–Kier alpha value is -1.16. The molecule has 1 atom stereocenters. The zero-order chi connectivity index (χ0) is 11.9. The van der Waals surface area contributed by atoms with Crippen LogP contribution in [0.15, 0.2) is 47.8 Å². The van der Waals surface area contributed by atoms with Crippen LogP contribution in [0.1, 0.15) is 10.4 Å². The van der Waals surface area contributed by atoms with E-state index in [0.29, 0.717) is 19.6 Å². The van der Waals surface area contributed by atoms with Gasteiger partial charge in [-0.1, -0.05) is 36.4 Å². The fraction of sp³-hybridized carbons (Fsp3) is 0.286. The van der Waals surface area contributed by atoms with Crippen molar-refractivity contribution in [2.75, 3.05) is 6.61 Å². The molecule has 0 spiro atoms. The Balaban J connectivity index is 1.68. The third-order valence-electron chi connectivity index (χ3n) is 2.44. The molecule has 0 aliphatic carbocycles. The van der Waals surface area contributed by atoms with E-state index in [1.165, 1.54) is 4.88 Å². The normalized spacial score (nSPS) is 12.5. The Bertz CT molecular complexity index is 411. The van der Waals surface area contributed by atoms with Gasteiger partial charge in [0.25, 0.3) is 0 Å². The van der Waals surface area contributed by atoms with Crippen molar-refractivity contribution in [3.63, 3.8) is 0 Å². The van der Waals surface area contributed by atoms with Crippen LogP contribution in [0.25, 0.3) is 0 Å². The highest BCUT2D eigenvalue weighted by Gasteiger charge is 2.06. The summed E-state index contributed by atoms with van der Waals surface area (Å²) >= 11 is 1.67. The van der Waals surface area contributed by atoms with Gasteiger partial charge in [0.1, 0.15) is 0 Å². The van der Waals surface area contributed by atoms with Crippen molar-refractivity contribution in [1.29, 1.82) is 0 Å². The summed E-state index contributed by atoms with van der Waals surface area (Å²) in [5.41, 5.74) is 1.14. The maximum absolute atomic E-state index is 9.78. The lowest BCUT2D eigenvalue weighted by atomic mass is 10.2. The first-order chi connectivity index (χ1) is 8.34. The van der Waals surface area contributed by atoms with Gasteiger partial charge in [0.15, 0.2) is 0 Å². The summed E-state index contributed by atoms with van der Waals surface area (Å²) in [7, 11) is 0. The average molecular weight is 248 g/mol. The van der Waals surface area contributed by atoms with E-state index < -0.39 is 6.10 Å². The minimum atomic E-state index is -0.419. The highest BCUT2D eigenvalue weighted by atomic mass is 32.1. The first-order valence-corrected chi connectivity index (χ1v) is 6.54. The lowest BCUT2D eigenvalue weighted by Gasteiger charge is -2.10. The zero-order valence-electron chi connectivity index (χ0n) is 9.58. The molecule has 90 valence electrons. The van der Waals surface area contributed by atoms with Crippen molar-refractivity contribution < 1.29 is 9.84 Å². The van der Waals surface area contributed by atoms with Crippen molar-refractivity contribution in [3.8, 4) is 0 Å². The molecule has 0 fully saturated rings. The molecule has 1 N–H and O–H groups in total. The van der Waals surface area contributed by atoms with Gasteiger partial charge >= 0.3 is 0 Å². The summed E-state index contributed by atoms with van der Waals surface area (Å²) in [6, 6.07) is 14.0. The summed E-state index contributed by atoms with van der Waals surface area (Å²) in [6.45, 7) is 0.940. The van der Waals surface area contributed by atoms with Crippen LogP contribution in [0.5, 0.6) is 0 Å². The number of ether oxygens (including phenoxy) is 1. The molecule has 0 saturated carbocycles. The number of benzene rings is 1. The van der Waals surface area contributed by atoms with Gasteiger partial charge in [-0.2, -0.15) is 0 Å². The van der Waals surface area contributed by atoms with Crippen LogP contribution in [0.3, 0.4) is 0 Å². The van der Waals surface area contributed by atoms with Gasteiger partial charge in [0.05, 0.1) is 19.3 Å². The van der Waals surface area contributed by atoms with Crippen molar-refractivity contribution in [2.24, 2.45) is 0 Å². The van der Waals surface area contributed by atoms with Gasteiger partial charge in [-0.3, -0.25) is 0 Å². The first-order valence-electron chi connectivity index (χ1n) is 5.67. The van der Waals surface area contributed by atoms with Crippen LogP contribution >= 0.6 is 11.3 Å². The fourth-order valence-corrected chi connectivity index (χ4v) is 2.38. The van der Waals surface area contributed by atoms with Crippen molar-refractivity contribution in [1.82, 2.24) is 0 Å². The van der Waals surface area contributed by atoms with Gasteiger partial charge in [0.2, 0.25) is 0 Å². The average Bonchev–Trinajstić information content (AvgIpc) is 2.83. The molecule has 2 aromatic rings. The second-order valence-electron chi connectivity index (χ2n) is 3.94. The fourth-order valence-electron chi connectivity index (χ4n) is 1.61. The number of aliphatic hydroxyl groups is 1. The summed E-state index contributed by atoms with van der Waals surface area (Å²) in [6.07, 6.45) is 0.254. The van der Waals surface area contributed by atoms with Gasteiger partial charge < -0.3 is 9.84 Å². The van der Waals surface area contributed by atoms with Gasteiger partial charge in [-0.15, -0.1) is 11.3 Å². The number of rotatable bonds is 6. The Morgan fingerprint density at radius 3 is 2.65 bits per heavy atom. The molecular formula is C14H16O2S. The molecular weight excluding hydrogens is 232 g/mol. The van der Waals surface area contributed by atoms with E-state index in [1.807, 2.05) is 47.8 Å². The van der Waals surface area contributed by atoms with Gasteiger partial charge in [-0.05, 0) is 17.0 Å². The van der Waals surface area contributed by atoms with Crippen molar-refractivity contribution in [3.05, 3.63) is 58.3 Å². The molecule has 2 nitrogen and oxygen atoms in total. The molecule has 1 heterocycles. The molecule has 0 saturated heterocycles. The van der Waals surface area contributed by atoms with Crippen molar-refractivity contribution >= 4 is 11.3 Å². The van der Waals surface area contributed by atoms with Crippen LogP contribution in [-0.2, 0) is 17.8 Å². The molecule has 0 aliphatic rings. The first kappa shape index (κ1) is 12.3. The van der Waals surface area contributed by atoms with E-state index in [-0.39, 0.29) is 0 Å². The second kappa shape index (κ2) is 6.55. The van der Waals surface area contributed by atoms with E-state index in [9.17, 15) is 5.11 Å². The van der Waals surface area contributed by atoms with E-state index in [4.69, 9.17) is 4.74 Å². The quantitative estimate of drug-likeness (QED) is 0.851. The number of aliphatic hydroxyl groups excluding tert-OH is 1. The maximum atomic E-state index is 9.78.